The van der Waals surface area contributed by atoms with Crippen molar-refractivity contribution in [1.29, 1.82) is 0 Å². The summed E-state index contributed by atoms with van der Waals surface area (Å²) in [6.45, 7) is 0. The van der Waals surface area contributed by atoms with E-state index in [1.807, 2.05) is 54.9 Å². The van der Waals surface area contributed by atoms with E-state index in [2.05, 4.69) is 197 Å². The van der Waals surface area contributed by atoms with E-state index in [0.717, 1.165) is 89.4 Å². The van der Waals surface area contributed by atoms with Crippen molar-refractivity contribution in [2.75, 3.05) is 14.7 Å². The number of benzene rings is 9. The van der Waals surface area contributed by atoms with Crippen LogP contribution < -0.4 is 14.7 Å². The number of aromatic nitrogens is 2. The summed E-state index contributed by atoms with van der Waals surface area (Å²) < 4.78 is 6.65. The van der Waals surface area contributed by atoms with E-state index in [4.69, 9.17) is 14.4 Å². The highest BCUT2D eigenvalue weighted by molar-refractivity contribution is 6.18. The summed E-state index contributed by atoms with van der Waals surface area (Å²) in [6.07, 6.45) is 3.88. The lowest BCUT2D eigenvalue weighted by molar-refractivity contribution is 0.623. The second-order valence-electron chi connectivity index (χ2n) is 15.1. The van der Waals surface area contributed by atoms with Crippen LogP contribution in [0.3, 0.4) is 0 Å². The molecule has 0 saturated heterocycles. The summed E-state index contributed by atoms with van der Waals surface area (Å²) in [4.78, 5) is 16.7. The van der Waals surface area contributed by atoms with Crippen LogP contribution in [0.2, 0.25) is 0 Å². The molecule has 6 heteroatoms. The van der Waals surface area contributed by atoms with E-state index >= 15 is 0 Å². The highest BCUT2D eigenvalue weighted by Gasteiger charge is 2.21. The van der Waals surface area contributed by atoms with Gasteiger partial charge in [-0.25, -0.2) is 4.98 Å². The van der Waals surface area contributed by atoms with Gasteiger partial charge < -0.3 is 19.1 Å². The number of rotatable bonds is 10. The van der Waals surface area contributed by atoms with E-state index in [1.165, 1.54) is 0 Å². The number of hydrogen-bond acceptors (Lipinski definition) is 6. The molecule has 9 aromatic carbocycles. The highest BCUT2D eigenvalue weighted by atomic mass is 16.3. The van der Waals surface area contributed by atoms with Crippen molar-refractivity contribution in [3.63, 3.8) is 0 Å². The maximum absolute atomic E-state index is 6.65. The molecule has 0 aliphatic rings. The molecule has 0 fully saturated rings. The molecule has 0 aliphatic heterocycles. The van der Waals surface area contributed by atoms with Crippen LogP contribution >= 0.6 is 0 Å². The topological polar surface area (TPSA) is 48.6 Å². The molecule has 294 valence electrons. The van der Waals surface area contributed by atoms with E-state index < -0.39 is 0 Å². The molecular formula is C56H39N5O. The van der Waals surface area contributed by atoms with Crippen LogP contribution in [-0.2, 0) is 0 Å². The fourth-order valence-corrected chi connectivity index (χ4v) is 8.43. The van der Waals surface area contributed by atoms with E-state index in [1.54, 1.807) is 0 Å². The summed E-state index contributed by atoms with van der Waals surface area (Å²) in [6, 6.07) is 78.2. The third-order valence-electron chi connectivity index (χ3n) is 11.2. The molecule has 0 spiro atoms. The molecule has 11 aromatic rings. The van der Waals surface area contributed by atoms with E-state index in [9.17, 15) is 0 Å². The molecule has 0 unspecified atom stereocenters. The molecular weight excluding hydrogens is 759 g/mol. The van der Waals surface area contributed by atoms with Gasteiger partial charge in [-0.3, -0.25) is 4.98 Å². The summed E-state index contributed by atoms with van der Waals surface area (Å²) in [5, 5.41) is 4.27. The highest BCUT2D eigenvalue weighted by Crippen LogP contribution is 2.44. The van der Waals surface area contributed by atoms with Gasteiger partial charge in [0, 0.05) is 50.8 Å². The molecule has 0 radical (unpaired) electrons. The summed E-state index contributed by atoms with van der Waals surface area (Å²) in [7, 11) is 0. The third kappa shape index (κ3) is 6.85. The number of hydrogen-bond donors (Lipinski definition) is 0. The predicted molar refractivity (Wildman–Crippen MR) is 256 cm³/mol. The van der Waals surface area contributed by atoms with Crippen LogP contribution in [0.1, 0.15) is 0 Å². The average molecular weight is 798 g/mol. The van der Waals surface area contributed by atoms with Crippen molar-refractivity contribution >= 4 is 83.8 Å². The molecule has 0 N–H and O–H groups in total. The first-order chi connectivity index (χ1) is 30.7. The molecule has 0 atom stereocenters. The Morgan fingerprint density at radius 3 is 1.32 bits per heavy atom. The second-order valence-corrected chi connectivity index (χ2v) is 15.1. The van der Waals surface area contributed by atoms with Crippen LogP contribution in [0.25, 0.3) is 44.1 Å². The number of anilines is 9. The van der Waals surface area contributed by atoms with Gasteiger partial charge in [-0.1, -0.05) is 121 Å². The zero-order chi connectivity index (χ0) is 41.2. The number of oxazole rings is 1. The monoisotopic (exact) mass is 797 g/mol. The lowest BCUT2D eigenvalue weighted by atomic mass is 10.00. The Morgan fingerprint density at radius 1 is 0.339 bits per heavy atom. The Kier molecular flexibility index (Phi) is 9.41. The maximum atomic E-state index is 6.65. The van der Waals surface area contributed by atoms with Crippen LogP contribution in [0.4, 0.5) is 51.2 Å². The molecule has 2 heterocycles. The fraction of sp³-hybridized carbons (Fsp3) is 0. The summed E-state index contributed by atoms with van der Waals surface area (Å²) in [5.74, 6) is 0.602. The van der Waals surface area contributed by atoms with Crippen molar-refractivity contribution in [2.24, 2.45) is 0 Å². The minimum atomic E-state index is 0.602. The van der Waals surface area contributed by atoms with Crippen molar-refractivity contribution < 1.29 is 4.42 Å². The summed E-state index contributed by atoms with van der Waals surface area (Å²) >= 11 is 0. The standard InChI is InChI=1S/C56H39N5O/c1-6-17-42(18-7-1)56-58-53-34-32-41-30-29-40-31-33-49(37-52(40)54(41)55(53)62-56)61(48-28-16-27-47(35-48)59(43-19-8-2-9-20-43)44-21-10-3-11-22-44)51-36-50(38-57-39-51)60(45-23-12-4-13-24-45)46-25-14-5-15-26-46/h1-39H. The van der Waals surface area contributed by atoms with Gasteiger partial charge in [0.1, 0.15) is 5.52 Å². The van der Waals surface area contributed by atoms with Gasteiger partial charge in [0.2, 0.25) is 5.89 Å². The number of fused-ring (bicyclic) bond motifs is 5. The van der Waals surface area contributed by atoms with E-state index in [-0.39, 0.29) is 0 Å². The van der Waals surface area contributed by atoms with Gasteiger partial charge in [-0.05, 0) is 119 Å². The van der Waals surface area contributed by atoms with E-state index in [0.29, 0.717) is 5.89 Å². The molecule has 0 saturated carbocycles. The van der Waals surface area contributed by atoms with Gasteiger partial charge in [0.05, 0.1) is 23.8 Å². The first kappa shape index (κ1) is 36.6. The second kappa shape index (κ2) is 15.9. The van der Waals surface area contributed by atoms with Crippen LogP contribution in [0, 0.1) is 0 Å². The zero-order valence-corrected chi connectivity index (χ0v) is 33.7. The van der Waals surface area contributed by atoms with Gasteiger partial charge in [-0.15, -0.1) is 0 Å². The molecule has 0 amide bonds. The molecule has 0 aliphatic carbocycles. The van der Waals surface area contributed by atoms with Crippen molar-refractivity contribution in [2.45, 2.75) is 0 Å². The smallest absolute Gasteiger partial charge is 0.227 e. The molecule has 11 rings (SSSR count). The van der Waals surface area contributed by atoms with Crippen molar-refractivity contribution in [1.82, 2.24) is 9.97 Å². The average Bonchev–Trinajstić information content (AvgIpc) is 3.79. The Bertz CT molecular complexity index is 3100. The largest absolute Gasteiger partial charge is 0.435 e. The number of nitrogens with zero attached hydrogens (tertiary/aromatic N) is 5. The minimum Gasteiger partial charge on any atom is -0.435 e. The minimum absolute atomic E-state index is 0.602. The molecule has 62 heavy (non-hydrogen) atoms. The molecule has 0 bridgehead atoms. The van der Waals surface area contributed by atoms with Gasteiger partial charge in [0.15, 0.2) is 5.58 Å². The first-order valence-electron chi connectivity index (χ1n) is 20.7. The normalized spacial score (nSPS) is 11.2. The van der Waals surface area contributed by atoms with Gasteiger partial charge >= 0.3 is 0 Å². The number of para-hydroxylation sites is 4. The Morgan fingerprint density at radius 2 is 0.758 bits per heavy atom. The Labute approximate surface area is 359 Å². The van der Waals surface area contributed by atoms with Gasteiger partial charge in [-0.2, -0.15) is 0 Å². The van der Waals surface area contributed by atoms with Crippen LogP contribution in [0.5, 0.6) is 0 Å². The Balaban J connectivity index is 1.13. The lowest BCUT2D eigenvalue weighted by Crippen LogP contribution is -2.15. The predicted octanol–water partition coefficient (Wildman–Crippen LogP) is 15.6. The quantitative estimate of drug-likeness (QED) is 0.128. The van der Waals surface area contributed by atoms with Gasteiger partial charge in [0.25, 0.3) is 0 Å². The first-order valence-corrected chi connectivity index (χ1v) is 20.7. The molecule has 2 aromatic heterocycles. The van der Waals surface area contributed by atoms with Crippen molar-refractivity contribution in [3.05, 3.63) is 237 Å². The third-order valence-corrected chi connectivity index (χ3v) is 11.2. The lowest BCUT2D eigenvalue weighted by Gasteiger charge is -2.30. The SMILES string of the molecule is c1ccc(-c2nc3ccc4ccc5ccc(N(c6cccc(N(c7ccccc7)c7ccccc7)c6)c6cncc(N(c7ccccc7)c7ccccc7)c6)cc5c4c3o2)cc1. The Hall–Kier alpha value is -8.48. The maximum Gasteiger partial charge on any atom is 0.227 e. The zero-order valence-electron chi connectivity index (χ0n) is 33.7. The number of pyridine rings is 1. The summed E-state index contributed by atoms with van der Waals surface area (Å²) in [5.41, 5.74) is 11.5. The van der Waals surface area contributed by atoms with Crippen LogP contribution in [-0.4, -0.2) is 9.97 Å². The van der Waals surface area contributed by atoms with Crippen molar-refractivity contribution in [3.8, 4) is 11.5 Å². The van der Waals surface area contributed by atoms with Crippen LogP contribution in [0.15, 0.2) is 241 Å². The molecule has 6 nitrogen and oxygen atoms in total. The fourth-order valence-electron chi connectivity index (χ4n) is 8.43.